The van der Waals surface area contributed by atoms with Gasteiger partial charge in [0.2, 0.25) is 11.9 Å². The van der Waals surface area contributed by atoms with Crippen LogP contribution in [0.15, 0.2) is 36.5 Å². The zero-order valence-corrected chi connectivity index (χ0v) is 16.7. The second-order valence-electron chi connectivity index (χ2n) is 7.54. The molecule has 4 atom stereocenters. The summed E-state index contributed by atoms with van der Waals surface area (Å²) in [4.78, 5) is 31.3. The molecule has 3 heterocycles. The van der Waals surface area contributed by atoms with Gasteiger partial charge in [0.1, 0.15) is 18.0 Å². The minimum absolute atomic E-state index is 0.0438. The van der Waals surface area contributed by atoms with Gasteiger partial charge in [-0.05, 0) is 24.6 Å². The number of aliphatic carboxylic acids is 1. The van der Waals surface area contributed by atoms with Crippen molar-refractivity contribution in [3.63, 3.8) is 0 Å². The third kappa shape index (κ3) is 5.15. The monoisotopic (exact) mass is 430 g/mol. The van der Waals surface area contributed by atoms with E-state index in [0.717, 1.165) is 0 Å². The van der Waals surface area contributed by atoms with Crippen molar-refractivity contribution in [2.75, 3.05) is 18.5 Å². The Morgan fingerprint density at radius 2 is 1.90 bits per heavy atom. The Labute approximate surface area is 178 Å². The molecule has 9 nitrogen and oxygen atoms in total. The fraction of sp³-hybridized carbons (Fsp3) is 0.429. The Morgan fingerprint density at radius 1 is 1.13 bits per heavy atom. The minimum Gasteiger partial charge on any atom is -0.481 e. The molecule has 164 valence electrons. The number of hydrogen-bond acceptors (Lipinski definition) is 7. The molecule has 0 radical (unpaired) electrons. The lowest BCUT2D eigenvalue weighted by Gasteiger charge is -2.18. The molecule has 2 fully saturated rings. The first-order valence-electron chi connectivity index (χ1n) is 10.1. The zero-order valence-electron chi connectivity index (χ0n) is 16.7. The van der Waals surface area contributed by atoms with Crippen LogP contribution in [-0.4, -0.2) is 64.5 Å². The van der Waals surface area contributed by atoms with Crippen molar-refractivity contribution >= 4 is 17.8 Å². The van der Waals surface area contributed by atoms with Crippen LogP contribution in [-0.2, 0) is 19.1 Å². The van der Waals surface area contributed by atoms with Gasteiger partial charge < -0.3 is 25.2 Å². The molecular weight excluding hydrogens is 407 g/mol. The lowest BCUT2D eigenvalue weighted by Crippen LogP contribution is -2.44. The Morgan fingerprint density at radius 3 is 2.68 bits per heavy atom. The van der Waals surface area contributed by atoms with Gasteiger partial charge in [-0.15, -0.1) is 0 Å². The molecule has 1 aromatic heterocycles. The van der Waals surface area contributed by atoms with Crippen molar-refractivity contribution in [3.05, 3.63) is 42.3 Å². The highest BCUT2D eigenvalue weighted by Gasteiger charge is 2.48. The van der Waals surface area contributed by atoms with Gasteiger partial charge in [0.15, 0.2) is 0 Å². The van der Waals surface area contributed by atoms with Crippen LogP contribution in [0.3, 0.4) is 0 Å². The second-order valence-corrected chi connectivity index (χ2v) is 7.54. The van der Waals surface area contributed by atoms with Crippen LogP contribution in [0.4, 0.5) is 10.3 Å². The third-order valence-electron chi connectivity index (χ3n) is 5.28. The fourth-order valence-electron chi connectivity index (χ4n) is 3.83. The molecule has 0 aliphatic carbocycles. The smallest absolute Gasteiger partial charge is 0.303 e. The van der Waals surface area contributed by atoms with Gasteiger partial charge in [-0.1, -0.05) is 12.1 Å². The van der Waals surface area contributed by atoms with Crippen LogP contribution in [0.5, 0.6) is 0 Å². The number of carboxylic acids is 1. The molecule has 0 unspecified atom stereocenters. The Hall–Kier alpha value is -3.11. The van der Waals surface area contributed by atoms with Crippen molar-refractivity contribution in [2.45, 2.75) is 43.6 Å². The van der Waals surface area contributed by atoms with E-state index in [1.54, 1.807) is 24.4 Å². The number of rotatable bonds is 8. The molecular formula is C21H23FN4O5. The Bertz CT molecular complexity index is 959. The summed E-state index contributed by atoms with van der Waals surface area (Å²) in [6.45, 7) is 0.663. The third-order valence-corrected chi connectivity index (χ3v) is 5.28. The largest absolute Gasteiger partial charge is 0.481 e. The number of halogens is 1. The summed E-state index contributed by atoms with van der Waals surface area (Å²) >= 11 is 0. The quantitative estimate of drug-likeness (QED) is 0.577. The summed E-state index contributed by atoms with van der Waals surface area (Å²) in [5.41, 5.74) is 1.24. The van der Waals surface area contributed by atoms with E-state index in [9.17, 15) is 14.0 Å². The first-order valence-corrected chi connectivity index (χ1v) is 10.1. The standard InChI is InChI=1S/C21H23FN4O5/c22-13-4-1-3-12(9-13)14-7-8-23-21(25-14)26-16-11-31-19-15(10-30-20(16)19)24-17(27)5-2-6-18(28)29/h1,3-4,7-9,15-16,19-20H,2,5-6,10-11H2,(H,24,27)(H,28,29)(H,23,25,26)/t15-,16-,19+,20+/m0/s1. The number of nitrogens with zero attached hydrogens (tertiary/aromatic N) is 2. The van der Waals surface area contributed by atoms with Crippen LogP contribution >= 0.6 is 0 Å². The van der Waals surface area contributed by atoms with Gasteiger partial charge in [-0.2, -0.15) is 0 Å². The number of ether oxygens (including phenoxy) is 2. The summed E-state index contributed by atoms with van der Waals surface area (Å²) in [5.74, 6) is -1.11. The van der Waals surface area contributed by atoms with E-state index in [1.165, 1.54) is 12.1 Å². The van der Waals surface area contributed by atoms with E-state index in [2.05, 4.69) is 20.6 Å². The predicted molar refractivity (Wildman–Crippen MR) is 108 cm³/mol. The lowest BCUT2D eigenvalue weighted by molar-refractivity contribution is -0.137. The number of benzene rings is 1. The minimum atomic E-state index is -0.922. The average Bonchev–Trinajstić information content (AvgIpc) is 3.31. The second kappa shape index (κ2) is 9.36. The molecule has 2 aliphatic heterocycles. The van der Waals surface area contributed by atoms with Gasteiger partial charge >= 0.3 is 5.97 Å². The maximum atomic E-state index is 13.5. The lowest BCUT2D eigenvalue weighted by atomic mass is 10.1. The molecule has 0 saturated carbocycles. The number of nitrogens with one attached hydrogen (secondary N) is 2. The van der Waals surface area contributed by atoms with E-state index >= 15 is 0 Å². The molecule has 2 aliphatic rings. The first kappa shape index (κ1) is 21.1. The van der Waals surface area contributed by atoms with Crippen LogP contribution < -0.4 is 10.6 Å². The first-order chi connectivity index (χ1) is 15.0. The van der Waals surface area contributed by atoms with Crippen LogP contribution in [0.2, 0.25) is 0 Å². The van der Waals surface area contributed by atoms with Gasteiger partial charge in [-0.3, -0.25) is 9.59 Å². The maximum absolute atomic E-state index is 13.5. The molecule has 4 rings (SSSR count). The van der Waals surface area contributed by atoms with Crippen molar-refractivity contribution in [2.24, 2.45) is 0 Å². The molecule has 0 bridgehead atoms. The van der Waals surface area contributed by atoms with Gasteiger partial charge in [0.05, 0.1) is 31.0 Å². The summed E-state index contributed by atoms with van der Waals surface area (Å²) in [6.07, 6.45) is 1.38. The fourth-order valence-corrected chi connectivity index (χ4v) is 3.83. The van der Waals surface area contributed by atoms with E-state index in [-0.39, 0.29) is 55.3 Å². The molecule has 31 heavy (non-hydrogen) atoms. The number of carboxylic acid groups (broad SMARTS) is 1. The number of fused-ring (bicyclic) bond motifs is 1. The van der Waals surface area contributed by atoms with Crippen LogP contribution in [0.1, 0.15) is 19.3 Å². The molecule has 3 N–H and O–H groups in total. The molecule has 1 amide bonds. The van der Waals surface area contributed by atoms with Crippen LogP contribution in [0.25, 0.3) is 11.3 Å². The van der Waals surface area contributed by atoms with Crippen molar-refractivity contribution < 1.29 is 28.6 Å². The number of carbonyl (C=O) groups is 2. The number of aromatic nitrogens is 2. The summed E-state index contributed by atoms with van der Waals surface area (Å²) in [7, 11) is 0. The highest BCUT2D eigenvalue weighted by Crippen LogP contribution is 2.29. The van der Waals surface area contributed by atoms with Crippen LogP contribution in [0, 0.1) is 5.82 Å². The molecule has 2 saturated heterocycles. The number of carbonyl (C=O) groups excluding carboxylic acids is 1. The van der Waals surface area contributed by atoms with Gasteiger partial charge in [0.25, 0.3) is 0 Å². The van der Waals surface area contributed by atoms with E-state index in [4.69, 9.17) is 14.6 Å². The molecule has 2 aromatic rings. The molecule has 1 aromatic carbocycles. The van der Waals surface area contributed by atoms with Gasteiger partial charge in [0, 0.05) is 24.6 Å². The highest BCUT2D eigenvalue weighted by molar-refractivity contribution is 5.77. The van der Waals surface area contributed by atoms with E-state index < -0.39 is 5.97 Å². The van der Waals surface area contributed by atoms with Gasteiger partial charge in [-0.25, -0.2) is 14.4 Å². The topological polar surface area (TPSA) is 123 Å². The zero-order chi connectivity index (χ0) is 21.8. The van der Waals surface area contributed by atoms with E-state index in [1.807, 2.05) is 0 Å². The molecule has 0 spiro atoms. The summed E-state index contributed by atoms with van der Waals surface area (Å²) in [6, 6.07) is 7.38. The number of hydrogen-bond donors (Lipinski definition) is 3. The number of anilines is 1. The van der Waals surface area contributed by atoms with Crippen molar-refractivity contribution in [1.82, 2.24) is 15.3 Å². The summed E-state index contributed by atoms with van der Waals surface area (Å²) < 4.78 is 25.2. The number of amides is 1. The average molecular weight is 430 g/mol. The molecule has 10 heteroatoms. The normalized spacial score (nSPS) is 24.5. The SMILES string of the molecule is O=C(O)CCCC(=O)N[C@H]1CO[C@H]2[C@@H]1OC[C@@H]2Nc1nccc(-c2cccc(F)c2)n1. The summed E-state index contributed by atoms with van der Waals surface area (Å²) in [5, 5.41) is 14.8. The maximum Gasteiger partial charge on any atom is 0.303 e. The predicted octanol–water partition coefficient (Wildman–Crippen LogP) is 1.60. The Balaban J connectivity index is 1.34. The highest BCUT2D eigenvalue weighted by atomic mass is 19.1. The Kier molecular flexibility index (Phi) is 6.38. The van der Waals surface area contributed by atoms with Crippen molar-refractivity contribution in [1.29, 1.82) is 0 Å². The van der Waals surface area contributed by atoms with E-state index in [0.29, 0.717) is 30.4 Å². The van der Waals surface area contributed by atoms with Crippen molar-refractivity contribution in [3.8, 4) is 11.3 Å².